The van der Waals surface area contributed by atoms with Gasteiger partial charge in [0.15, 0.2) is 0 Å². The van der Waals surface area contributed by atoms with Crippen LogP contribution < -0.4 is 15.5 Å². The first-order valence-corrected chi connectivity index (χ1v) is 8.56. The molecule has 1 atom stereocenters. The minimum Gasteiger partial charge on any atom is -0.338 e. The normalized spacial score (nSPS) is 16.8. The van der Waals surface area contributed by atoms with E-state index in [-0.39, 0.29) is 17.9 Å². The monoisotopic (exact) mass is 357 g/mol. The first kappa shape index (κ1) is 17.3. The van der Waals surface area contributed by atoms with Gasteiger partial charge in [-0.25, -0.2) is 4.79 Å². The fraction of sp³-hybridized carbons (Fsp3) is 0.263. The van der Waals surface area contributed by atoms with Gasteiger partial charge in [-0.3, -0.25) is 4.79 Å². The average molecular weight is 358 g/mol. The van der Waals surface area contributed by atoms with E-state index in [2.05, 4.69) is 10.6 Å². The summed E-state index contributed by atoms with van der Waals surface area (Å²) in [5, 5.41) is 6.12. The van der Waals surface area contributed by atoms with Gasteiger partial charge >= 0.3 is 6.03 Å². The number of carbonyl (C=O) groups excluding carboxylic acids is 2. The Bertz CT molecular complexity index is 776. The number of amides is 3. The van der Waals surface area contributed by atoms with Crippen LogP contribution >= 0.6 is 11.6 Å². The van der Waals surface area contributed by atoms with Crippen LogP contribution in [0.5, 0.6) is 0 Å². The van der Waals surface area contributed by atoms with Gasteiger partial charge in [-0.1, -0.05) is 35.4 Å². The van der Waals surface area contributed by atoms with Crippen molar-refractivity contribution in [3.63, 3.8) is 0 Å². The van der Waals surface area contributed by atoms with Crippen molar-refractivity contribution >= 4 is 34.9 Å². The molecule has 0 spiro atoms. The van der Waals surface area contributed by atoms with Gasteiger partial charge in [0.1, 0.15) is 0 Å². The van der Waals surface area contributed by atoms with E-state index in [1.807, 2.05) is 31.2 Å². The summed E-state index contributed by atoms with van der Waals surface area (Å²) in [4.78, 5) is 26.0. The van der Waals surface area contributed by atoms with Crippen molar-refractivity contribution in [2.75, 3.05) is 23.3 Å². The maximum Gasteiger partial charge on any atom is 0.319 e. The van der Waals surface area contributed by atoms with Gasteiger partial charge in [-0.15, -0.1) is 0 Å². The molecular formula is C19H20ClN3O2. The lowest BCUT2D eigenvalue weighted by atomic mass is 10.1. The fourth-order valence-corrected chi connectivity index (χ4v) is 3.06. The molecule has 1 heterocycles. The Hall–Kier alpha value is -2.53. The lowest BCUT2D eigenvalue weighted by Gasteiger charge is -2.17. The Morgan fingerprint density at radius 2 is 2.00 bits per heavy atom. The van der Waals surface area contributed by atoms with E-state index in [0.717, 1.165) is 11.3 Å². The van der Waals surface area contributed by atoms with Crippen molar-refractivity contribution in [3.8, 4) is 0 Å². The smallest absolute Gasteiger partial charge is 0.319 e. The van der Waals surface area contributed by atoms with Crippen LogP contribution in [0.15, 0.2) is 48.5 Å². The van der Waals surface area contributed by atoms with Gasteiger partial charge in [0.05, 0.1) is 0 Å². The van der Waals surface area contributed by atoms with E-state index >= 15 is 0 Å². The number of nitrogens with zero attached hydrogens (tertiary/aromatic N) is 1. The molecule has 2 aromatic carbocycles. The second-order valence-corrected chi connectivity index (χ2v) is 6.69. The molecule has 0 saturated carbocycles. The highest BCUT2D eigenvalue weighted by Gasteiger charge is 2.30. The second kappa shape index (κ2) is 7.57. The molecule has 1 aliphatic heterocycles. The molecule has 2 N–H and O–H groups in total. The zero-order valence-corrected chi connectivity index (χ0v) is 14.7. The number of urea groups is 1. The Morgan fingerprint density at radius 3 is 2.72 bits per heavy atom. The number of benzene rings is 2. The van der Waals surface area contributed by atoms with Gasteiger partial charge in [0.25, 0.3) is 0 Å². The Labute approximate surface area is 152 Å². The molecule has 0 radical (unpaired) electrons. The lowest BCUT2D eigenvalue weighted by Crippen LogP contribution is -2.34. The molecule has 3 amide bonds. The summed E-state index contributed by atoms with van der Waals surface area (Å²) in [6.07, 6.45) is 0.436. The number of anilines is 2. The van der Waals surface area contributed by atoms with Crippen LogP contribution in [0.1, 0.15) is 12.0 Å². The fourth-order valence-electron chi connectivity index (χ4n) is 2.87. The number of hydrogen-bond acceptors (Lipinski definition) is 2. The van der Waals surface area contributed by atoms with Crippen molar-refractivity contribution in [1.29, 1.82) is 0 Å². The molecule has 0 aliphatic carbocycles. The van der Waals surface area contributed by atoms with Crippen LogP contribution in [-0.2, 0) is 4.79 Å². The molecule has 2 aromatic rings. The second-order valence-electron chi connectivity index (χ2n) is 6.26. The van der Waals surface area contributed by atoms with E-state index in [9.17, 15) is 9.59 Å². The summed E-state index contributed by atoms with van der Waals surface area (Å²) in [5.74, 6) is 0.185. The molecule has 1 aliphatic rings. The van der Waals surface area contributed by atoms with E-state index in [4.69, 9.17) is 11.6 Å². The van der Waals surface area contributed by atoms with Crippen molar-refractivity contribution in [2.45, 2.75) is 13.3 Å². The van der Waals surface area contributed by atoms with Crippen molar-refractivity contribution in [2.24, 2.45) is 5.92 Å². The third-order valence-electron chi connectivity index (χ3n) is 4.18. The van der Waals surface area contributed by atoms with Crippen LogP contribution in [0, 0.1) is 12.8 Å². The minimum absolute atomic E-state index is 0.0888. The highest BCUT2D eigenvalue weighted by molar-refractivity contribution is 6.30. The largest absolute Gasteiger partial charge is 0.338 e. The topological polar surface area (TPSA) is 61.4 Å². The molecule has 3 rings (SSSR count). The quantitative estimate of drug-likeness (QED) is 0.873. The zero-order valence-electron chi connectivity index (χ0n) is 14.0. The maximum absolute atomic E-state index is 12.2. The number of rotatable bonds is 4. The van der Waals surface area contributed by atoms with E-state index in [1.165, 1.54) is 0 Å². The van der Waals surface area contributed by atoms with Crippen molar-refractivity contribution in [1.82, 2.24) is 5.32 Å². The molecule has 5 nitrogen and oxygen atoms in total. The predicted molar refractivity (Wildman–Crippen MR) is 100 cm³/mol. The van der Waals surface area contributed by atoms with Crippen LogP contribution in [-0.4, -0.2) is 25.0 Å². The highest BCUT2D eigenvalue weighted by atomic mass is 35.5. The molecule has 1 saturated heterocycles. The van der Waals surface area contributed by atoms with Crippen molar-refractivity contribution < 1.29 is 9.59 Å². The van der Waals surface area contributed by atoms with Crippen LogP contribution in [0.2, 0.25) is 5.02 Å². The Morgan fingerprint density at radius 1 is 1.24 bits per heavy atom. The van der Waals surface area contributed by atoms with Gasteiger partial charge < -0.3 is 15.5 Å². The number of carbonyl (C=O) groups is 2. The first-order valence-electron chi connectivity index (χ1n) is 8.19. The lowest BCUT2D eigenvalue weighted by molar-refractivity contribution is -0.117. The zero-order chi connectivity index (χ0) is 17.8. The molecule has 0 aromatic heterocycles. The van der Waals surface area contributed by atoms with Crippen LogP contribution in [0.3, 0.4) is 0 Å². The van der Waals surface area contributed by atoms with E-state index in [0.29, 0.717) is 30.2 Å². The molecule has 6 heteroatoms. The van der Waals surface area contributed by atoms with Gasteiger partial charge in [0.2, 0.25) is 5.91 Å². The number of hydrogen-bond donors (Lipinski definition) is 2. The number of nitrogens with one attached hydrogen (secondary N) is 2. The summed E-state index contributed by atoms with van der Waals surface area (Å²) in [7, 11) is 0. The number of aryl methyl sites for hydroxylation is 1. The first-order chi connectivity index (χ1) is 12.0. The molecular weight excluding hydrogens is 338 g/mol. The summed E-state index contributed by atoms with van der Waals surface area (Å²) in [6.45, 7) is 3.07. The van der Waals surface area contributed by atoms with Gasteiger partial charge in [-0.05, 0) is 37.3 Å². The molecule has 0 bridgehead atoms. The highest BCUT2D eigenvalue weighted by Crippen LogP contribution is 2.25. The average Bonchev–Trinajstić information content (AvgIpc) is 2.95. The molecule has 130 valence electrons. The van der Waals surface area contributed by atoms with Gasteiger partial charge in [-0.2, -0.15) is 0 Å². The predicted octanol–water partition coefficient (Wildman–Crippen LogP) is 3.82. The van der Waals surface area contributed by atoms with Crippen LogP contribution in [0.25, 0.3) is 0 Å². The van der Waals surface area contributed by atoms with Crippen molar-refractivity contribution in [3.05, 3.63) is 59.1 Å². The van der Waals surface area contributed by atoms with E-state index < -0.39 is 0 Å². The minimum atomic E-state index is -0.302. The SMILES string of the molecule is Cc1ccc(N2C[C@H](CNC(=O)Nc3cccc(Cl)c3)CC2=O)cc1. The standard InChI is InChI=1S/C19H20ClN3O2/c1-13-5-7-17(8-6-13)23-12-14(9-18(23)24)11-21-19(25)22-16-4-2-3-15(20)10-16/h2-8,10,14H,9,11-12H2,1H3,(H2,21,22,25)/t14-/m0/s1. The van der Waals surface area contributed by atoms with E-state index in [1.54, 1.807) is 29.2 Å². The third kappa shape index (κ3) is 4.51. The molecule has 1 fully saturated rings. The molecule has 25 heavy (non-hydrogen) atoms. The third-order valence-corrected chi connectivity index (χ3v) is 4.42. The summed E-state index contributed by atoms with van der Waals surface area (Å²) >= 11 is 5.89. The maximum atomic E-state index is 12.2. The van der Waals surface area contributed by atoms with Gasteiger partial charge in [0, 0.05) is 41.8 Å². The summed E-state index contributed by atoms with van der Waals surface area (Å²) in [5.41, 5.74) is 2.70. The number of halogens is 1. The molecule has 0 unspecified atom stereocenters. The Balaban J connectivity index is 1.51. The van der Waals surface area contributed by atoms with Crippen LogP contribution in [0.4, 0.5) is 16.2 Å². The Kier molecular flexibility index (Phi) is 5.24. The summed E-state index contributed by atoms with van der Waals surface area (Å²) < 4.78 is 0. The summed E-state index contributed by atoms with van der Waals surface area (Å²) in [6, 6.07) is 14.6.